The first-order valence-corrected chi connectivity index (χ1v) is 12.0. The van der Waals surface area contributed by atoms with E-state index in [0.717, 1.165) is 25.0 Å². The fraction of sp³-hybridized carbons (Fsp3) is 0.920. The van der Waals surface area contributed by atoms with E-state index in [9.17, 15) is 0 Å². The van der Waals surface area contributed by atoms with Gasteiger partial charge < -0.3 is 4.74 Å². The van der Waals surface area contributed by atoms with Gasteiger partial charge in [0.25, 0.3) is 0 Å². The van der Waals surface area contributed by atoms with E-state index < -0.39 is 0 Å². The van der Waals surface area contributed by atoms with Crippen molar-refractivity contribution in [3.63, 3.8) is 0 Å². The van der Waals surface area contributed by atoms with Crippen molar-refractivity contribution >= 4 is 0 Å². The fourth-order valence-corrected chi connectivity index (χ4v) is 5.69. The molecule has 2 saturated carbocycles. The maximum atomic E-state index is 5.80. The summed E-state index contributed by atoms with van der Waals surface area (Å²) in [5.74, 6) is 2.11. The second kappa shape index (κ2) is 13.0. The average Bonchev–Trinajstić information content (AvgIpc) is 2.69. The standard InChI is InChI=1S/C25H46O/c1-3-5-6-7-8-12-17-25(20-22-26-21-4-2)18-15-24(16-19-25)23-13-10-9-11-14-23/h4,23-24H,2-3,5-22H2,1H3/t24-,25+. The van der Waals surface area contributed by atoms with Crippen molar-refractivity contribution < 1.29 is 4.74 Å². The molecule has 2 aliphatic carbocycles. The molecule has 1 heteroatoms. The quantitative estimate of drug-likeness (QED) is 0.237. The monoisotopic (exact) mass is 362 g/mol. The highest BCUT2D eigenvalue weighted by atomic mass is 16.5. The van der Waals surface area contributed by atoms with Gasteiger partial charge in [-0.1, -0.05) is 83.6 Å². The first-order valence-electron chi connectivity index (χ1n) is 12.0. The van der Waals surface area contributed by atoms with Gasteiger partial charge in [0.1, 0.15) is 0 Å². The Morgan fingerprint density at radius 2 is 1.50 bits per heavy atom. The lowest BCUT2D eigenvalue weighted by Gasteiger charge is -2.43. The minimum atomic E-state index is 0.594. The molecule has 0 aromatic rings. The van der Waals surface area contributed by atoms with Crippen LogP contribution in [0, 0.1) is 17.3 Å². The molecule has 152 valence electrons. The van der Waals surface area contributed by atoms with Crippen LogP contribution in [-0.2, 0) is 4.74 Å². The number of rotatable bonds is 13. The van der Waals surface area contributed by atoms with Gasteiger partial charge in [-0.05, 0) is 55.8 Å². The molecule has 0 aliphatic heterocycles. The molecular formula is C25H46O. The summed E-state index contributed by atoms with van der Waals surface area (Å²) in [5.41, 5.74) is 0.594. The summed E-state index contributed by atoms with van der Waals surface area (Å²) in [6.07, 6.45) is 26.7. The fourth-order valence-electron chi connectivity index (χ4n) is 5.69. The van der Waals surface area contributed by atoms with Crippen molar-refractivity contribution in [3.05, 3.63) is 12.7 Å². The molecule has 2 rings (SSSR count). The van der Waals surface area contributed by atoms with Crippen LogP contribution in [0.1, 0.15) is 116 Å². The van der Waals surface area contributed by atoms with Crippen molar-refractivity contribution in [3.8, 4) is 0 Å². The molecule has 0 spiro atoms. The molecule has 26 heavy (non-hydrogen) atoms. The van der Waals surface area contributed by atoms with Crippen LogP contribution in [-0.4, -0.2) is 13.2 Å². The first-order chi connectivity index (χ1) is 12.8. The van der Waals surface area contributed by atoms with Crippen molar-refractivity contribution in [2.45, 2.75) is 116 Å². The molecule has 1 nitrogen and oxygen atoms in total. The Kier molecular flexibility index (Phi) is 11.0. The zero-order valence-corrected chi connectivity index (χ0v) is 17.8. The maximum absolute atomic E-state index is 5.80. The molecule has 0 unspecified atom stereocenters. The minimum absolute atomic E-state index is 0.594. The lowest BCUT2D eigenvalue weighted by molar-refractivity contribution is 0.0487. The topological polar surface area (TPSA) is 9.23 Å². The van der Waals surface area contributed by atoms with Gasteiger partial charge in [-0.15, -0.1) is 6.58 Å². The van der Waals surface area contributed by atoms with E-state index in [-0.39, 0.29) is 0 Å². The smallest absolute Gasteiger partial charge is 0.0644 e. The van der Waals surface area contributed by atoms with Crippen LogP contribution in [0.5, 0.6) is 0 Å². The minimum Gasteiger partial charge on any atom is -0.377 e. The Morgan fingerprint density at radius 3 is 2.19 bits per heavy atom. The van der Waals surface area contributed by atoms with Gasteiger partial charge in [0.05, 0.1) is 6.61 Å². The Balaban J connectivity index is 1.76. The lowest BCUT2D eigenvalue weighted by atomic mass is 9.62. The highest BCUT2D eigenvalue weighted by Crippen LogP contribution is 2.49. The molecule has 0 bridgehead atoms. The van der Waals surface area contributed by atoms with E-state index >= 15 is 0 Å². The third-order valence-electron chi connectivity index (χ3n) is 7.48. The van der Waals surface area contributed by atoms with Gasteiger partial charge in [-0.3, -0.25) is 0 Å². The molecule has 0 aromatic heterocycles. The molecule has 2 aliphatic rings. The zero-order chi connectivity index (χ0) is 18.5. The first kappa shape index (κ1) is 22.0. The van der Waals surface area contributed by atoms with Gasteiger partial charge >= 0.3 is 0 Å². The van der Waals surface area contributed by atoms with E-state index in [1.54, 1.807) is 0 Å². The van der Waals surface area contributed by atoms with Gasteiger partial charge in [-0.2, -0.15) is 0 Å². The highest BCUT2D eigenvalue weighted by molar-refractivity contribution is 4.88. The number of hydrogen-bond acceptors (Lipinski definition) is 1. The van der Waals surface area contributed by atoms with Crippen molar-refractivity contribution in [1.82, 2.24) is 0 Å². The molecule has 0 atom stereocenters. The van der Waals surface area contributed by atoms with Crippen LogP contribution in [0.4, 0.5) is 0 Å². The predicted octanol–water partition coefficient (Wildman–Crippen LogP) is 8.09. The summed E-state index contributed by atoms with van der Waals surface area (Å²) < 4.78 is 5.80. The van der Waals surface area contributed by atoms with Crippen molar-refractivity contribution in [2.24, 2.45) is 17.3 Å². The van der Waals surface area contributed by atoms with Crippen LogP contribution in [0.3, 0.4) is 0 Å². The van der Waals surface area contributed by atoms with Crippen LogP contribution in [0.25, 0.3) is 0 Å². The molecule has 0 radical (unpaired) electrons. The van der Waals surface area contributed by atoms with Gasteiger partial charge in [0, 0.05) is 6.61 Å². The predicted molar refractivity (Wildman–Crippen MR) is 115 cm³/mol. The van der Waals surface area contributed by atoms with Crippen LogP contribution in [0.2, 0.25) is 0 Å². The summed E-state index contributed by atoms with van der Waals surface area (Å²) in [6, 6.07) is 0. The third-order valence-corrected chi connectivity index (χ3v) is 7.48. The number of hydrogen-bond donors (Lipinski definition) is 0. The largest absolute Gasteiger partial charge is 0.377 e. The highest BCUT2D eigenvalue weighted by Gasteiger charge is 2.37. The third kappa shape index (κ3) is 7.75. The van der Waals surface area contributed by atoms with Crippen molar-refractivity contribution in [2.75, 3.05) is 13.2 Å². The summed E-state index contributed by atoms with van der Waals surface area (Å²) in [6.45, 7) is 7.75. The number of ether oxygens (including phenoxy) is 1. The maximum Gasteiger partial charge on any atom is 0.0644 e. The zero-order valence-electron chi connectivity index (χ0n) is 17.8. The van der Waals surface area contributed by atoms with Crippen LogP contribution >= 0.6 is 0 Å². The van der Waals surface area contributed by atoms with E-state index in [1.807, 2.05) is 6.08 Å². The molecule has 0 heterocycles. The van der Waals surface area contributed by atoms with Crippen LogP contribution < -0.4 is 0 Å². The molecular weight excluding hydrogens is 316 g/mol. The van der Waals surface area contributed by atoms with Gasteiger partial charge in [0.15, 0.2) is 0 Å². The Bertz CT molecular complexity index is 347. The van der Waals surface area contributed by atoms with Gasteiger partial charge in [0.2, 0.25) is 0 Å². The molecule has 0 aromatic carbocycles. The Labute approximate surface area is 164 Å². The van der Waals surface area contributed by atoms with E-state index in [1.165, 1.54) is 109 Å². The summed E-state index contributed by atoms with van der Waals surface area (Å²) in [7, 11) is 0. The van der Waals surface area contributed by atoms with E-state index in [0.29, 0.717) is 5.41 Å². The molecule has 0 amide bonds. The van der Waals surface area contributed by atoms with E-state index in [2.05, 4.69) is 13.5 Å². The number of unbranched alkanes of at least 4 members (excludes halogenated alkanes) is 5. The van der Waals surface area contributed by atoms with E-state index in [4.69, 9.17) is 4.74 Å². The summed E-state index contributed by atoms with van der Waals surface area (Å²) in [5, 5.41) is 0. The SMILES string of the molecule is C=CCOCC[C@]1(CCCCCCCC)CC[C@H](C2CCCCC2)CC1. The average molecular weight is 363 g/mol. The summed E-state index contributed by atoms with van der Waals surface area (Å²) >= 11 is 0. The van der Waals surface area contributed by atoms with Crippen LogP contribution in [0.15, 0.2) is 12.7 Å². The second-order valence-corrected chi connectivity index (χ2v) is 9.37. The Morgan fingerprint density at radius 1 is 0.846 bits per heavy atom. The summed E-state index contributed by atoms with van der Waals surface area (Å²) in [4.78, 5) is 0. The van der Waals surface area contributed by atoms with Gasteiger partial charge in [-0.25, -0.2) is 0 Å². The lowest BCUT2D eigenvalue weighted by Crippen LogP contribution is -2.32. The Hall–Kier alpha value is -0.300. The molecule has 0 saturated heterocycles. The van der Waals surface area contributed by atoms with Crippen molar-refractivity contribution in [1.29, 1.82) is 0 Å². The molecule has 2 fully saturated rings. The normalized spacial score (nSPS) is 27.5. The second-order valence-electron chi connectivity index (χ2n) is 9.37. The molecule has 0 N–H and O–H groups in total.